The van der Waals surface area contributed by atoms with E-state index in [1.807, 2.05) is 32.6 Å². The smallest absolute Gasteiger partial charge is 0.407 e. The lowest BCUT2D eigenvalue weighted by atomic mass is 10.0. The molecule has 1 fully saturated rings. The van der Waals surface area contributed by atoms with Crippen molar-refractivity contribution in [2.45, 2.75) is 58.7 Å². The fourth-order valence-corrected chi connectivity index (χ4v) is 2.90. The van der Waals surface area contributed by atoms with Crippen LogP contribution < -0.4 is 10.6 Å². The number of methoxy groups -OCH3 is 1. The summed E-state index contributed by atoms with van der Waals surface area (Å²) in [5.41, 5.74) is 0. The molecule has 0 saturated carbocycles. The predicted molar refractivity (Wildman–Crippen MR) is 99.7 cm³/mol. The van der Waals surface area contributed by atoms with E-state index in [9.17, 15) is 9.59 Å². The van der Waals surface area contributed by atoms with Crippen molar-refractivity contribution in [3.05, 3.63) is 12.7 Å². The summed E-state index contributed by atoms with van der Waals surface area (Å²) in [6.07, 6.45) is 2.90. The van der Waals surface area contributed by atoms with Gasteiger partial charge in [-0.3, -0.25) is 9.79 Å². The number of aliphatic imine (C=N–C) groups is 1. The van der Waals surface area contributed by atoms with Crippen molar-refractivity contribution in [2.24, 2.45) is 10.9 Å². The second-order valence-electron chi connectivity index (χ2n) is 6.86. The molecular formula is C18H32N4O3. The average molecular weight is 352 g/mol. The Labute approximate surface area is 150 Å². The van der Waals surface area contributed by atoms with E-state index in [4.69, 9.17) is 0 Å². The molecule has 0 aromatic carbocycles. The Morgan fingerprint density at radius 1 is 1.32 bits per heavy atom. The van der Waals surface area contributed by atoms with Crippen molar-refractivity contribution in [1.29, 1.82) is 0 Å². The van der Waals surface area contributed by atoms with E-state index >= 15 is 0 Å². The van der Waals surface area contributed by atoms with Crippen molar-refractivity contribution >= 4 is 17.8 Å². The van der Waals surface area contributed by atoms with Crippen LogP contribution in [-0.2, 0) is 9.53 Å². The van der Waals surface area contributed by atoms with E-state index in [0.717, 1.165) is 18.7 Å². The van der Waals surface area contributed by atoms with Gasteiger partial charge in [0.05, 0.1) is 19.7 Å². The lowest BCUT2D eigenvalue weighted by molar-refractivity contribution is -0.134. The molecule has 0 aliphatic carbocycles. The van der Waals surface area contributed by atoms with Crippen molar-refractivity contribution in [3.8, 4) is 0 Å². The van der Waals surface area contributed by atoms with Crippen LogP contribution in [0.5, 0.6) is 0 Å². The lowest BCUT2D eigenvalue weighted by Gasteiger charge is -2.32. The van der Waals surface area contributed by atoms with Gasteiger partial charge in [-0.15, -0.1) is 6.58 Å². The zero-order chi connectivity index (χ0) is 19.0. The number of carbonyl (C=O) groups is 2. The number of alkyl carbamates (subject to hydrolysis) is 1. The molecule has 0 aromatic rings. The van der Waals surface area contributed by atoms with E-state index in [-0.39, 0.29) is 23.9 Å². The SMILES string of the molecule is C=CCN=C(NC(C)C)[C@@H]1CCCN1C(=O)[C@@H](NC(=O)OC)C(C)C. The van der Waals surface area contributed by atoms with Gasteiger partial charge >= 0.3 is 6.09 Å². The lowest BCUT2D eigenvalue weighted by Crippen LogP contribution is -2.55. The largest absolute Gasteiger partial charge is 0.453 e. The van der Waals surface area contributed by atoms with Gasteiger partial charge < -0.3 is 20.3 Å². The number of ether oxygens (including phenoxy) is 1. The van der Waals surface area contributed by atoms with Crippen LogP contribution in [-0.4, -0.2) is 61.1 Å². The first-order valence-corrected chi connectivity index (χ1v) is 8.88. The summed E-state index contributed by atoms with van der Waals surface area (Å²) in [5, 5.41) is 6.02. The van der Waals surface area contributed by atoms with Gasteiger partial charge in [0.25, 0.3) is 0 Å². The minimum absolute atomic E-state index is 0.0422. The average Bonchev–Trinajstić information content (AvgIpc) is 3.04. The van der Waals surface area contributed by atoms with Crippen molar-refractivity contribution in [1.82, 2.24) is 15.5 Å². The summed E-state index contributed by atoms with van der Waals surface area (Å²) in [6, 6.07) is -0.501. The monoisotopic (exact) mass is 352 g/mol. The zero-order valence-corrected chi connectivity index (χ0v) is 16.0. The van der Waals surface area contributed by atoms with Gasteiger partial charge in [-0.2, -0.15) is 0 Å². The number of hydrogen-bond acceptors (Lipinski definition) is 4. The van der Waals surface area contributed by atoms with Crippen LogP contribution >= 0.6 is 0 Å². The van der Waals surface area contributed by atoms with E-state index in [1.54, 1.807) is 6.08 Å². The number of amides is 2. The third-order valence-electron chi connectivity index (χ3n) is 4.07. The van der Waals surface area contributed by atoms with Crippen LogP contribution in [0.1, 0.15) is 40.5 Å². The zero-order valence-electron chi connectivity index (χ0n) is 16.0. The summed E-state index contributed by atoms with van der Waals surface area (Å²) in [4.78, 5) is 31.0. The van der Waals surface area contributed by atoms with Crippen LogP contribution in [0.25, 0.3) is 0 Å². The van der Waals surface area contributed by atoms with Gasteiger partial charge in [-0.1, -0.05) is 19.9 Å². The van der Waals surface area contributed by atoms with Crippen molar-refractivity contribution in [3.63, 3.8) is 0 Å². The molecule has 7 nitrogen and oxygen atoms in total. The van der Waals surface area contributed by atoms with Crippen LogP contribution in [0, 0.1) is 5.92 Å². The topological polar surface area (TPSA) is 83.0 Å². The molecule has 1 saturated heterocycles. The minimum atomic E-state index is -0.618. The first-order valence-electron chi connectivity index (χ1n) is 8.88. The Bertz CT molecular complexity index is 503. The van der Waals surface area contributed by atoms with Crippen LogP contribution in [0.2, 0.25) is 0 Å². The quantitative estimate of drug-likeness (QED) is 0.417. The maximum atomic E-state index is 13.1. The molecule has 0 radical (unpaired) electrons. The third kappa shape index (κ3) is 6.07. The highest BCUT2D eigenvalue weighted by molar-refractivity contribution is 5.94. The molecule has 0 spiro atoms. The maximum Gasteiger partial charge on any atom is 0.407 e. The minimum Gasteiger partial charge on any atom is -0.453 e. The Hall–Kier alpha value is -2.05. The molecule has 7 heteroatoms. The summed E-state index contributed by atoms with van der Waals surface area (Å²) >= 11 is 0. The summed E-state index contributed by atoms with van der Waals surface area (Å²) < 4.78 is 4.66. The highest BCUT2D eigenvalue weighted by Gasteiger charge is 2.37. The molecule has 0 aromatic heterocycles. The maximum absolute atomic E-state index is 13.1. The van der Waals surface area contributed by atoms with Gasteiger partial charge in [0.2, 0.25) is 5.91 Å². The number of rotatable bonds is 7. The Morgan fingerprint density at radius 2 is 2.00 bits per heavy atom. The molecular weight excluding hydrogens is 320 g/mol. The standard InChI is InChI=1S/C18H32N4O3/c1-7-10-19-16(20-13(4)5)14-9-8-11-22(14)17(23)15(12(2)3)21-18(24)25-6/h7,12-15H,1,8-11H2,2-6H3,(H,19,20)(H,21,24)/t14-,15-/m0/s1. The molecule has 0 bridgehead atoms. The molecule has 1 aliphatic heterocycles. The highest BCUT2D eigenvalue weighted by atomic mass is 16.5. The van der Waals surface area contributed by atoms with Gasteiger partial charge in [0.1, 0.15) is 11.9 Å². The predicted octanol–water partition coefficient (Wildman–Crippen LogP) is 1.94. The number of nitrogens with one attached hydrogen (secondary N) is 2. The Morgan fingerprint density at radius 3 is 2.52 bits per heavy atom. The fourth-order valence-electron chi connectivity index (χ4n) is 2.90. The number of carbonyl (C=O) groups excluding carboxylic acids is 2. The molecule has 25 heavy (non-hydrogen) atoms. The second kappa shape index (κ2) is 10.1. The van der Waals surface area contributed by atoms with Gasteiger partial charge in [0.15, 0.2) is 0 Å². The van der Waals surface area contributed by atoms with Crippen LogP contribution in [0.4, 0.5) is 4.79 Å². The summed E-state index contributed by atoms with van der Waals surface area (Å²) in [5.74, 6) is 0.667. The van der Waals surface area contributed by atoms with Crippen LogP contribution in [0.3, 0.4) is 0 Å². The van der Waals surface area contributed by atoms with E-state index in [0.29, 0.717) is 13.1 Å². The molecule has 2 atom stereocenters. The van der Waals surface area contributed by atoms with Gasteiger partial charge in [-0.05, 0) is 32.6 Å². The Balaban J connectivity index is 3.00. The van der Waals surface area contributed by atoms with Gasteiger partial charge in [0, 0.05) is 12.6 Å². The highest BCUT2D eigenvalue weighted by Crippen LogP contribution is 2.21. The number of nitrogens with zero attached hydrogens (tertiary/aromatic N) is 2. The third-order valence-corrected chi connectivity index (χ3v) is 4.07. The summed E-state index contributed by atoms with van der Waals surface area (Å²) in [7, 11) is 1.29. The molecule has 1 rings (SSSR count). The van der Waals surface area contributed by atoms with Crippen molar-refractivity contribution in [2.75, 3.05) is 20.2 Å². The van der Waals surface area contributed by atoms with Crippen LogP contribution in [0.15, 0.2) is 17.6 Å². The number of hydrogen-bond donors (Lipinski definition) is 2. The molecule has 142 valence electrons. The molecule has 1 aliphatic rings. The van der Waals surface area contributed by atoms with E-state index in [1.165, 1.54) is 7.11 Å². The molecule has 2 amide bonds. The second-order valence-corrected chi connectivity index (χ2v) is 6.86. The van der Waals surface area contributed by atoms with E-state index < -0.39 is 12.1 Å². The fraction of sp³-hybridized carbons (Fsp3) is 0.722. The summed E-state index contributed by atoms with van der Waals surface area (Å²) in [6.45, 7) is 12.8. The van der Waals surface area contributed by atoms with Crippen molar-refractivity contribution < 1.29 is 14.3 Å². The number of amidine groups is 1. The normalized spacial score (nSPS) is 19.1. The molecule has 2 N–H and O–H groups in total. The van der Waals surface area contributed by atoms with E-state index in [2.05, 4.69) is 26.9 Å². The first-order chi connectivity index (χ1) is 11.8. The molecule has 1 heterocycles. The first kappa shape index (κ1) is 21.0. The Kier molecular flexibility index (Phi) is 8.45. The van der Waals surface area contributed by atoms with Gasteiger partial charge in [-0.25, -0.2) is 4.79 Å². The number of likely N-dealkylation sites (tertiary alicyclic amines) is 1. The molecule has 0 unspecified atom stereocenters.